The highest BCUT2D eigenvalue weighted by molar-refractivity contribution is 7.89. The Labute approximate surface area is 152 Å². The molecular formula is C17H23FN4O3S. The molecule has 7 nitrogen and oxygen atoms in total. The highest BCUT2D eigenvalue weighted by Gasteiger charge is 2.20. The molecule has 1 aromatic heterocycles. The van der Waals surface area contributed by atoms with E-state index in [1.54, 1.807) is 16.9 Å². The predicted molar refractivity (Wildman–Crippen MR) is 96.7 cm³/mol. The Bertz CT molecular complexity index is 847. The number of sulfonamides is 1. The Hall–Kier alpha value is -2.26. The van der Waals surface area contributed by atoms with E-state index < -0.39 is 15.8 Å². The number of amides is 1. The van der Waals surface area contributed by atoms with Gasteiger partial charge in [-0.05, 0) is 44.5 Å². The van der Waals surface area contributed by atoms with Crippen LogP contribution in [0.4, 0.5) is 10.2 Å². The van der Waals surface area contributed by atoms with E-state index in [1.807, 2.05) is 13.8 Å². The van der Waals surface area contributed by atoms with Crippen molar-refractivity contribution in [3.63, 3.8) is 0 Å². The lowest BCUT2D eigenvalue weighted by atomic mass is 10.3. The average molecular weight is 382 g/mol. The van der Waals surface area contributed by atoms with Crippen molar-refractivity contribution in [1.82, 2.24) is 14.1 Å². The number of rotatable bonds is 8. The van der Waals surface area contributed by atoms with Gasteiger partial charge in [-0.3, -0.25) is 4.79 Å². The van der Waals surface area contributed by atoms with Gasteiger partial charge in [0, 0.05) is 32.1 Å². The van der Waals surface area contributed by atoms with Gasteiger partial charge >= 0.3 is 0 Å². The lowest BCUT2D eigenvalue weighted by Gasteiger charge is -2.17. The van der Waals surface area contributed by atoms with E-state index in [1.165, 1.54) is 19.2 Å². The van der Waals surface area contributed by atoms with Crippen LogP contribution in [-0.2, 0) is 14.8 Å². The quantitative estimate of drug-likeness (QED) is 0.761. The van der Waals surface area contributed by atoms with Crippen molar-refractivity contribution in [3.8, 4) is 0 Å². The summed E-state index contributed by atoms with van der Waals surface area (Å²) in [5.74, 6) is -0.0961. The summed E-state index contributed by atoms with van der Waals surface area (Å²) in [6.07, 6.45) is 2.14. The van der Waals surface area contributed by atoms with Gasteiger partial charge in [0.15, 0.2) is 0 Å². The van der Waals surface area contributed by atoms with Crippen molar-refractivity contribution in [2.45, 2.75) is 37.6 Å². The lowest BCUT2D eigenvalue weighted by molar-refractivity contribution is -0.116. The molecule has 1 heterocycles. The molecule has 0 spiro atoms. The zero-order chi connectivity index (χ0) is 19.3. The van der Waals surface area contributed by atoms with Crippen molar-refractivity contribution in [2.75, 3.05) is 18.9 Å². The maximum absolute atomic E-state index is 12.9. The van der Waals surface area contributed by atoms with Crippen LogP contribution in [-0.4, -0.2) is 42.0 Å². The minimum Gasteiger partial charge on any atom is -0.311 e. The van der Waals surface area contributed by atoms with E-state index in [2.05, 4.69) is 10.4 Å². The highest BCUT2D eigenvalue weighted by atomic mass is 32.2. The van der Waals surface area contributed by atoms with Crippen molar-refractivity contribution in [1.29, 1.82) is 0 Å². The standard InChI is InChI=1S/C17H23FN4O3S/c1-13(2)22-16(10-11-19-22)20-17(23)5-4-12-21(3)26(24,25)15-8-6-14(18)7-9-15/h6-11,13H,4-5,12H2,1-3H3,(H,20,23). The number of hydrogen-bond donors (Lipinski definition) is 1. The van der Waals surface area contributed by atoms with Crippen LogP contribution in [0.15, 0.2) is 41.4 Å². The van der Waals surface area contributed by atoms with Crippen LogP contribution in [0.25, 0.3) is 0 Å². The number of carbonyl (C=O) groups excluding carboxylic acids is 1. The van der Waals surface area contributed by atoms with Gasteiger partial charge in [0.05, 0.1) is 11.1 Å². The number of nitrogens with one attached hydrogen (secondary N) is 1. The fraction of sp³-hybridized carbons (Fsp3) is 0.412. The molecule has 0 aliphatic carbocycles. The molecule has 0 unspecified atom stereocenters. The summed E-state index contributed by atoms with van der Waals surface area (Å²) in [6, 6.07) is 6.48. The molecule has 0 saturated carbocycles. The third-order valence-corrected chi connectivity index (χ3v) is 5.70. The second kappa shape index (κ2) is 8.41. The first kappa shape index (κ1) is 20.1. The van der Waals surface area contributed by atoms with E-state index in [0.717, 1.165) is 16.4 Å². The summed E-state index contributed by atoms with van der Waals surface area (Å²) in [5, 5.41) is 6.91. The topological polar surface area (TPSA) is 84.3 Å². The van der Waals surface area contributed by atoms with Gasteiger partial charge in [0.2, 0.25) is 15.9 Å². The van der Waals surface area contributed by atoms with E-state index in [9.17, 15) is 17.6 Å². The summed E-state index contributed by atoms with van der Waals surface area (Å²) in [4.78, 5) is 12.1. The highest BCUT2D eigenvalue weighted by Crippen LogP contribution is 2.16. The molecule has 0 aliphatic heterocycles. The zero-order valence-electron chi connectivity index (χ0n) is 15.0. The molecule has 0 radical (unpaired) electrons. The van der Waals surface area contributed by atoms with Crippen LogP contribution >= 0.6 is 0 Å². The van der Waals surface area contributed by atoms with Gasteiger partial charge in [-0.2, -0.15) is 5.10 Å². The van der Waals surface area contributed by atoms with Crippen LogP contribution in [0, 0.1) is 5.82 Å². The van der Waals surface area contributed by atoms with Gasteiger partial charge in [0.25, 0.3) is 0 Å². The molecule has 0 atom stereocenters. The monoisotopic (exact) mass is 382 g/mol. The van der Waals surface area contributed by atoms with Gasteiger partial charge in [-0.1, -0.05) is 0 Å². The Kier molecular flexibility index (Phi) is 6.49. The first-order valence-corrected chi connectivity index (χ1v) is 9.71. The molecule has 0 aliphatic rings. The second-order valence-electron chi connectivity index (χ2n) is 6.19. The summed E-state index contributed by atoms with van der Waals surface area (Å²) in [7, 11) is -2.27. The third kappa shape index (κ3) is 4.89. The molecule has 0 fully saturated rings. The van der Waals surface area contributed by atoms with Crippen molar-refractivity contribution < 1.29 is 17.6 Å². The molecule has 0 saturated heterocycles. The number of aromatic nitrogens is 2. The first-order valence-electron chi connectivity index (χ1n) is 8.27. The van der Waals surface area contributed by atoms with E-state index in [0.29, 0.717) is 12.2 Å². The predicted octanol–water partition coefficient (Wildman–Crippen LogP) is 2.64. The molecule has 2 rings (SSSR count). The zero-order valence-corrected chi connectivity index (χ0v) is 15.8. The number of halogens is 1. The average Bonchev–Trinajstić information content (AvgIpc) is 3.03. The van der Waals surface area contributed by atoms with Crippen molar-refractivity contribution >= 4 is 21.7 Å². The first-order chi connectivity index (χ1) is 12.2. The van der Waals surface area contributed by atoms with Crippen molar-refractivity contribution in [2.24, 2.45) is 0 Å². The molecule has 1 aromatic carbocycles. The molecule has 1 N–H and O–H groups in total. The largest absolute Gasteiger partial charge is 0.311 e. The molecule has 2 aromatic rings. The van der Waals surface area contributed by atoms with E-state index in [-0.39, 0.29) is 29.8 Å². The van der Waals surface area contributed by atoms with Gasteiger partial charge < -0.3 is 5.32 Å². The number of nitrogens with zero attached hydrogens (tertiary/aromatic N) is 3. The van der Waals surface area contributed by atoms with Crippen LogP contribution in [0.3, 0.4) is 0 Å². The van der Waals surface area contributed by atoms with Gasteiger partial charge in [-0.15, -0.1) is 0 Å². The maximum Gasteiger partial charge on any atom is 0.242 e. The van der Waals surface area contributed by atoms with E-state index >= 15 is 0 Å². The van der Waals surface area contributed by atoms with E-state index in [4.69, 9.17) is 0 Å². The smallest absolute Gasteiger partial charge is 0.242 e. The summed E-state index contributed by atoms with van der Waals surface area (Å²) < 4.78 is 40.6. The number of anilines is 1. The molecule has 142 valence electrons. The fourth-order valence-corrected chi connectivity index (χ4v) is 3.61. The van der Waals surface area contributed by atoms with Gasteiger partial charge in [0.1, 0.15) is 11.6 Å². The Morgan fingerprint density at radius 3 is 2.54 bits per heavy atom. The molecule has 9 heteroatoms. The number of carbonyl (C=O) groups is 1. The number of hydrogen-bond acceptors (Lipinski definition) is 4. The molecular weight excluding hydrogens is 359 g/mol. The van der Waals surface area contributed by atoms with Crippen LogP contribution in [0.2, 0.25) is 0 Å². The Morgan fingerprint density at radius 1 is 1.27 bits per heavy atom. The summed E-state index contributed by atoms with van der Waals surface area (Å²) in [5.41, 5.74) is 0. The van der Waals surface area contributed by atoms with Crippen molar-refractivity contribution in [3.05, 3.63) is 42.3 Å². The second-order valence-corrected chi connectivity index (χ2v) is 8.23. The normalized spacial score (nSPS) is 11.9. The number of benzene rings is 1. The van der Waals surface area contributed by atoms with Crippen LogP contribution in [0.1, 0.15) is 32.7 Å². The fourth-order valence-electron chi connectivity index (χ4n) is 2.40. The Morgan fingerprint density at radius 2 is 1.92 bits per heavy atom. The lowest BCUT2D eigenvalue weighted by Crippen LogP contribution is -2.28. The van der Waals surface area contributed by atoms with Crippen LogP contribution < -0.4 is 5.32 Å². The van der Waals surface area contributed by atoms with Gasteiger partial charge in [-0.25, -0.2) is 21.8 Å². The minimum absolute atomic E-state index is 0.0201. The third-order valence-electron chi connectivity index (χ3n) is 3.83. The minimum atomic E-state index is -3.70. The summed E-state index contributed by atoms with van der Waals surface area (Å²) >= 11 is 0. The maximum atomic E-state index is 12.9. The Balaban J connectivity index is 1.87. The molecule has 0 bridgehead atoms. The molecule has 1 amide bonds. The summed E-state index contributed by atoms with van der Waals surface area (Å²) in [6.45, 7) is 4.09. The van der Waals surface area contributed by atoms with Crippen LogP contribution in [0.5, 0.6) is 0 Å². The SMILES string of the molecule is CC(C)n1nccc1NC(=O)CCCN(C)S(=O)(=O)c1ccc(F)cc1. The molecule has 26 heavy (non-hydrogen) atoms.